The van der Waals surface area contributed by atoms with Gasteiger partial charge in [0.2, 0.25) is 5.91 Å². The third kappa shape index (κ3) is 4.52. The number of hydrogen-bond acceptors (Lipinski definition) is 3. The van der Waals surface area contributed by atoms with Crippen LogP contribution < -0.4 is 5.32 Å². The topological polar surface area (TPSA) is 52.7 Å². The minimum absolute atomic E-state index is 0.00528. The number of carbonyl (C=O) groups is 2. The molecule has 0 atom stereocenters. The molecule has 0 aliphatic carbocycles. The first-order chi connectivity index (χ1) is 9.99. The third-order valence-electron chi connectivity index (χ3n) is 3.42. The first kappa shape index (κ1) is 16.5. The van der Waals surface area contributed by atoms with Crippen LogP contribution in [-0.4, -0.2) is 61.4 Å². The lowest BCUT2D eigenvalue weighted by Gasteiger charge is -2.34. The van der Waals surface area contributed by atoms with Crippen LogP contribution in [0.4, 0.5) is 0 Å². The van der Waals surface area contributed by atoms with E-state index in [-0.39, 0.29) is 11.8 Å². The molecule has 5 nitrogen and oxygen atoms in total. The summed E-state index contributed by atoms with van der Waals surface area (Å²) in [7, 11) is 1.63. The van der Waals surface area contributed by atoms with Crippen LogP contribution in [0.25, 0.3) is 0 Å². The van der Waals surface area contributed by atoms with Crippen LogP contribution in [0.5, 0.6) is 0 Å². The summed E-state index contributed by atoms with van der Waals surface area (Å²) in [6.07, 6.45) is 0. The molecule has 1 aliphatic heterocycles. The molecule has 1 aromatic rings. The monoisotopic (exact) mass is 417 g/mol. The van der Waals surface area contributed by atoms with E-state index in [1.807, 2.05) is 23.1 Å². The van der Waals surface area contributed by atoms with Gasteiger partial charge in [-0.2, -0.15) is 0 Å². The highest BCUT2D eigenvalue weighted by Gasteiger charge is 2.23. The minimum atomic E-state index is 0.00528. The SMILES string of the molecule is CNC(=O)CN1CCN(C(=O)c2cc(Br)cc(Br)c2)CC1. The maximum absolute atomic E-state index is 12.5. The van der Waals surface area contributed by atoms with Crippen molar-refractivity contribution >= 4 is 43.7 Å². The van der Waals surface area contributed by atoms with Crippen molar-refractivity contribution < 1.29 is 9.59 Å². The van der Waals surface area contributed by atoms with E-state index in [1.165, 1.54) is 0 Å². The van der Waals surface area contributed by atoms with Crippen LogP contribution in [0, 0.1) is 0 Å². The number of amides is 2. The summed E-state index contributed by atoms with van der Waals surface area (Å²) in [5.74, 6) is 0.0299. The van der Waals surface area contributed by atoms with Gasteiger partial charge in [0, 0.05) is 47.7 Å². The molecule has 7 heteroatoms. The molecule has 0 bridgehead atoms. The largest absolute Gasteiger partial charge is 0.358 e. The van der Waals surface area contributed by atoms with Gasteiger partial charge >= 0.3 is 0 Å². The Labute approximate surface area is 140 Å². The average Bonchev–Trinajstić information content (AvgIpc) is 2.46. The van der Waals surface area contributed by atoms with Crippen molar-refractivity contribution in [3.05, 3.63) is 32.7 Å². The normalized spacial score (nSPS) is 15.9. The summed E-state index contributed by atoms with van der Waals surface area (Å²) in [5, 5.41) is 2.61. The Morgan fingerprint density at radius 3 is 2.19 bits per heavy atom. The van der Waals surface area contributed by atoms with Gasteiger partial charge in [0.05, 0.1) is 6.54 Å². The summed E-state index contributed by atoms with van der Waals surface area (Å²) in [5.41, 5.74) is 0.663. The Hall–Kier alpha value is -0.920. The maximum Gasteiger partial charge on any atom is 0.254 e. The fourth-order valence-corrected chi connectivity index (χ4v) is 3.54. The first-order valence-electron chi connectivity index (χ1n) is 6.68. The van der Waals surface area contributed by atoms with Gasteiger partial charge in [0.25, 0.3) is 5.91 Å². The van der Waals surface area contributed by atoms with Gasteiger partial charge < -0.3 is 10.2 Å². The molecule has 1 saturated heterocycles. The van der Waals surface area contributed by atoms with E-state index < -0.39 is 0 Å². The Bertz CT molecular complexity index is 523. The number of piperazine rings is 1. The Kier molecular flexibility index (Phi) is 5.78. The lowest BCUT2D eigenvalue weighted by atomic mass is 10.2. The van der Waals surface area contributed by atoms with Crippen molar-refractivity contribution in [1.82, 2.24) is 15.1 Å². The zero-order valence-electron chi connectivity index (χ0n) is 11.7. The van der Waals surface area contributed by atoms with Crippen molar-refractivity contribution in [3.63, 3.8) is 0 Å². The van der Waals surface area contributed by atoms with Crippen LogP contribution >= 0.6 is 31.9 Å². The van der Waals surface area contributed by atoms with Gasteiger partial charge in [0.1, 0.15) is 0 Å². The number of likely N-dealkylation sites (N-methyl/N-ethyl adjacent to an activating group) is 1. The van der Waals surface area contributed by atoms with Gasteiger partial charge in [-0.3, -0.25) is 14.5 Å². The van der Waals surface area contributed by atoms with E-state index in [9.17, 15) is 9.59 Å². The summed E-state index contributed by atoms with van der Waals surface area (Å²) in [6.45, 7) is 3.10. The molecule has 2 amide bonds. The Morgan fingerprint density at radius 2 is 1.67 bits per heavy atom. The van der Waals surface area contributed by atoms with Gasteiger partial charge in [-0.05, 0) is 18.2 Å². The lowest BCUT2D eigenvalue weighted by molar-refractivity contribution is -0.122. The smallest absolute Gasteiger partial charge is 0.254 e. The summed E-state index contributed by atoms with van der Waals surface area (Å²) >= 11 is 6.79. The standard InChI is InChI=1S/C14H17Br2N3O2/c1-17-13(20)9-18-2-4-19(5-3-18)14(21)10-6-11(15)8-12(16)7-10/h6-8H,2-5,9H2,1H3,(H,17,20). The van der Waals surface area contributed by atoms with Crippen LogP contribution in [0.2, 0.25) is 0 Å². The molecule has 21 heavy (non-hydrogen) atoms. The minimum Gasteiger partial charge on any atom is -0.358 e. The molecule has 1 N–H and O–H groups in total. The van der Waals surface area contributed by atoms with E-state index >= 15 is 0 Å². The molecule has 0 spiro atoms. The number of hydrogen-bond donors (Lipinski definition) is 1. The van der Waals surface area contributed by atoms with Crippen LogP contribution in [-0.2, 0) is 4.79 Å². The fraction of sp³-hybridized carbons (Fsp3) is 0.429. The van der Waals surface area contributed by atoms with Gasteiger partial charge in [-0.1, -0.05) is 31.9 Å². The molecule has 0 unspecified atom stereocenters. The molecular formula is C14H17Br2N3O2. The van der Waals surface area contributed by atoms with Crippen molar-refractivity contribution in [1.29, 1.82) is 0 Å². The second kappa shape index (κ2) is 7.38. The van der Waals surface area contributed by atoms with Gasteiger partial charge in [-0.15, -0.1) is 0 Å². The van der Waals surface area contributed by atoms with Gasteiger partial charge in [0.15, 0.2) is 0 Å². The average molecular weight is 419 g/mol. The summed E-state index contributed by atoms with van der Waals surface area (Å²) < 4.78 is 1.75. The second-order valence-corrected chi connectivity index (χ2v) is 6.73. The first-order valence-corrected chi connectivity index (χ1v) is 8.26. The summed E-state index contributed by atoms with van der Waals surface area (Å²) in [6, 6.07) is 5.55. The van der Waals surface area contributed by atoms with Crippen molar-refractivity contribution in [2.45, 2.75) is 0 Å². The van der Waals surface area contributed by atoms with Crippen molar-refractivity contribution in [3.8, 4) is 0 Å². The molecule has 2 rings (SSSR count). The van der Waals surface area contributed by atoms with E-state index in [1.54, 1.807) is 7.05 Å². The number of nitrogens with one attached hydrogen (secondary N) is 1. The molecule has 0 aromatic heterocycles. The summed E-state index contributed by atoms with van der Waals surface area (Å²) in [4.78, 5) is 27.7. The highest BCUT2D eigenvalue weighted by Crippen LogP contribution is 2.21. The Balaban J connectivity index is 1.95. The van der Waals surface area contributed by atoms with Crippen molar-refractivity contribution in [2.24, 2.45) is 0 Å². The molecule has 0 saturated carbocycles. The van der Waals surface area contributed by atoms with Crippen LogP contribution in [0.15, 0.2) is 27.1 Å². The molecule has 1 fully saturated rings. The molecule has 1 aliphatic rings. The third-order valence-corrected chi connectivity index (χ3v) is 4.33. The highest BCUT2D eigenvalue weighted by molar-refractivity contribution is 9.11. The number of halogens is 2. The number of rotatable bonds is 3. The number of benzene rings is 1. The molecule has 0 radical (unpaired) electrons. The highest BCUT2D eigenvalue weighted by atomic mass is 79.9. The van der Waals surface area contributed by atoms with Crippen LogP contribution in [0.1, 0.15) is 10.4 Å². The molecule has 1 aromatic carbocycles. The van der Waals surface area contributed by atoms with Crippen LogP contribution in [0.3, 0.4) is 0 Å². The van der Waals surface area contributed by atoms with E-state index in [4.69, 9.17) is 0 Å². The lowest BCUT2D eigenvalue weighted by Crippen LogP contribution is -2.50. The predicted octanol–water partition coefficient (Wildman–Crippen LogP) is 1.72. The zero-order chi connectivity index (χ0) is 15.4. The Morgan fingerprint density at radius 1 is 1.10 bits per heavy atom. The van der Waals surface area contributed by atoms with Crippen molar-refractivity contribution in [2.75, 3.05) is 39.8 Å². The molecule has 1 heterocycles. The zero-order valence-corrected chi connectivity index (χ0v) is 14.9. The van der Waals surface area contributed by atoms with E-state index in [2.05, 4.69) is 42.1 Å². The quantitative estimate of drug-likeness (QED) is 0.812. The fourth-order valence-electron chi connectivity index (χ4n) is 2.25. The maximum atomic E-state index is 12.5. The van der Waals surface area contributed by atoms with E-state index in [0.717, 1.165) is 8.95 Å². The van der Waals surface area contributed by atoms with E-state index in [0.29, 0.717) is 38.3 Å². The molecule has 114 valence electrons. The second-order valence-electron chi connectivity index (χ2n) is 4.90. The number of carbonyl (C=O) groups excluding carboxylic acids is 2. The predicted molar refractivity (Wildman–Crippen MR) is 88.3 cm³/mol. The molecular weight excluding hydrogens is 402 g/mol. The number of nitrogens with zero attached hydrogens (tertiary/aromatic N) is 2. The van der Waals surface area contributed by atoms with Gasteiger partial charge in [-0.25, -0.2) is 0 Å².